The van der Waals surface area contributed by atoms with E-state index in [4.69, 9.17) is 6.57 Å². The summed E-state index contributed by atoms with van der Waals surface area (Å²) >= 11 is 0. The van der Waals surface area contributed by atoms with E-state index in [0.717, 1.165) is 22.2 Å². The molecule has 3 heteroatoms. The van der Waals surface area contributed by atoms with Gasteiger partial charge in [0.2, 0.25) is 0 Å². The summed E-state index contributed by atoms with van der Waals surface area (Å²) in [6.07, 6.45) is 1.55. The van der Waals surface area contributed by atoms with Gasteiger partial charge in [-0.1, -0.05) is 66.7 Å². The van der Waals surface area contributed by atoms with Crippen molar-refractivity contribution in [1.82, 2.24) is 9.97 Å². The first-order valence-corrected chi connectivity index (χ1v) is 7.63. The second kappa shape index (κ2) is 5.94. The zero-order chi connectivity index (χ0) is 16.4. The number of rotatable bonds is 2. The lowest BCUT2D eigenvalue weighted by Crippen LogP contribution is -1.89. The first kappa shape index (κ1) is 14.1. The van der Waals surface area contributed by atoms with E-state index in [9.17, 15) is 0 Å². The second-order valence-corrected chi connectivity index (χ2v) is 5.48. The van der Waals surface area contributed by atoms with Crippen molar-refractivity contribution in [3.05, 3.63) is 90.5 Å². The Hall–Kier alpha value is -3.51. The van der Waals surface area contributed by atoms with Crippen LogP contribution in [0.2, 0.25) is 0 Å². The molecule has 0 amide bonds. The third kappa shape index (κ3) is 2.51. The summed E-state index contributed by atoms with van der Waals surface area (Å²) < 4.78 is 0. The van der Waals surface area contributed by atoms with Gasteiger partial charge in [-0.05, 0) is 17.2 Å². The molecule has 0 atom stereocenters. The largest absolute Gasteiger partial charge is 0.238 e. The zero-order valence-corrected chi connectivity index (χ0v) is 12.8. The van der Waals surface area contributed by atoms with Crippen LogP contribution in [0.1, 0.15) is 0 Å². The molecule has 112 valence electrons. The molecule has 3 nitrogen and oxygen atoms in total. The summed E-state index contributed by atoms with van der Waals surface area (Å²) in [6, 6.07) is 24.2. The van der Waals surface area contributed by atoms with Crippen LogP contribution < -0.4 is 0 Å². The normalized spacial score (nSPS) is 10.5. The summed E-state index contributed by atoms with van der Waals surface area (Å²) in [6.45, 7) is 7.12. The Morgan fingerprint density at radius 1 is 0.708 bits per heavy atom. The quantitative estimate of drug-likeness (QED) is 0.457. The topological polar surface area (TPSA) is 30.1 Å². The van der Waals surface area contributed by atoms with Gasteiger partial charge in [-0.2, -0.15) is 0 Å². The summed E-state index contributed by atoms with van der Waals surface area (Å²) in [5.74, 6) is 0. The molecule has 0 saturated heterocycles. The van der Waals surface area contributed by atoms with Gasteiger partial charge in [0.15, 0.2) is 5.69 Å². The maximum Gasteiger partial charge on any atom is 0.189 e. The van der Waals surface area contributed by atoms with Gasteiger partial charge in [-0.3, -0.25) is 0 Å². The van der Waals surface area contributed by atoms with Gasteiger partial charge in [-0.15, -0.1) is 0 Å². The molecule has 0 fully saturated rings. The van der Waals surface area contributed by atoms with Crippen molar-refractivity contribution in [2.24, 2.45) is 0 Å². The lowest BCUT2D eigenvalue weighted by molar-refractivity contribution is 1.22. The fourth-order valence-electron chi connectivity index (χ4n) is 2.80. The van der Waals surface area contributed by atoms with Crippen molar-refractivity contribution in [1.29, 1.82) is 0 Å². The van der Waals surface area contributed by atoms with Crippen LogP contribution in [0.3, 0.4) is 0 Å². The smallest absolute Gasteiger partial charge is 0.189 e. The minimum absolute atomic E-state index is 0.589. The van der Waals surface area contributed by atoms with Crippen molar-refractivity contribution in [2.45, 2.75) is 0 Å². The summed E-state index contributed by atoms with van der Waals surface area (Å²) in [5, 5.41) is 0.956. The van der Waals surface area contributed by atoms with E-state index in [1.165, 1.54) is 11.1 Å². The Balaban J connectivity index is 1.79. The fraction of sp³-hybridized carbons (Fsp3) is 0. The number of fused-ring (bicyclic) bond motifs is 1. The second-order valence-electron chi connectivity index (χ2n) is 5.48. The molecule has 0 radical (unpaired) electrons. The van der Waals surface area contributed by atoms with E-state index in [1.54, 1.807) is 18.5 Å². The predicted octanol–water partition coefficient (Wildman–Crippen LogP) is 5.51. The summed E-state index contributed by atoms with van der Waals surface area (Å²) in [7, 11) is 0. The standard InChI is InChI=1S/C21H13N3/c1-22-18-11-12-19-20(13-18)23-14-24-21(19)17-9-7-16(8-10-17)15-5-3-2-4-6-15/h2-14H. The van der Waals surface area contributed by atoms with Gasteiger partial charge in [0.1, 0.15) is 6.33 Å². The average Bonchev–Trinajstić information content (AvgIpc) is 2.68. The van der Waals surface area contributed by atoms with E-state index in [0.29, 0.717) is 5.69 Å². The van der Waals surface area contributed by atoms with Crippen LogP contribution in [0, 0.1) is 6.57 Å². The molecule has 4 rings (SSSR count). The number of hydrogen-bond acceptors (Lipinski definition) is 2. The minimum Gasteiger partial charge on any atom is -0.238 e. The van der Waals surface area contributed by atoms with Gasteiger partial charge in [0.25, 0.3) is 0 Å². The monoisotopic (exact) mass is 307 g/mol. The molecule has 0 spiro atoms. The molecule has 1 heterocycles. The van der Waals surface area contributed by atoms with Crippen molar-refractivity contribution >= 4 is 16.6 Å². The van der Waals surface area contributed by atoms with Crippen molar-refractivity contribution in [2.75, 3.05) is 0 Å². The van der Waals surface area contributed by atoms with Gasteiger partial charge < -0.3 is 0 Å². The van der Waals surface area contributed by atoms with Gasteiger partial charge in [0, 0.05) is 10.9 Å². The number of aromatic nitrogens is 2. The lowest BCUT2D eigenvalue weighted by atomic mass is 10.0. The molecule has 0 saturated carbocycles. The average molecular weight is 307 g/mol. The highest BCUT2D eigenvalue weighted by Crippen LogP contribution is 2.29. The molecule has 3 aromatic carbocycles. The molecule has 0 bridgehead atoms. The van der Waals surface area contributed by atoms with E-state index in [2.05, 4.69) is 51.2 Å². The number of benzene rings is 3. The third-order valence-corrected chi connectivity index (χ3v) is 4.01. The van der Waals surface area contributed by atoms with E-state index >= 15 is 0 Å². The maximum absolute atomic E-state index is 7.12. The molecule has 4 aromatic rings. The Labute approximate surface area is 140 Å². The van der Waals surface area contributed by atoms with Crippen LogP contribution in [0.15, 0.2) is 79.1 Å². The summed E-state index contributed by atoms with van der Waals surface area (Å²) in [4.78, 5) is 12.2. The van der Waals surface area contributed by atoms with Gasteiger partial charge in [0.05, 0.1) is 17.8 Å². The lowest BCUT2D eigenvalue weighted by Gasteiger charge is -2.07. The van der Waals surface area contributed by atoms with E-state index < -0.39 is 0 Å². The molecule has 0 N–H and O–H groups in total. The molecule has 1 aromatic heterocycles. The molecular weight excluding hydrogens is 294 g/mol. The van der Waals surface area contributed by atoms with Crippen LogP contribution in [0.5, 0.6) is 0 Å². The Kier molecular flexibility index (Phi) is 3.49. The number of hydrogen-bond donors (Lipinski definition) is 0. The highest BCUT2D eigenvalue weighted by Gasteiger charge is 2.07. The maximum atomic E-state index is 7.12. The molecule has 0 aliphatic carbocycles. The zero-order valence-electron chi connectivity index (χ0n) is 12.8. The summed E-state index contributed by atoms with van der Waals surface area (Å²) in [5.41, 5.74) is 5.67. The highest BCUT2D eigenvalue weighted by atomic mass is 14.8. The van der Waals surface area contributed by atoms with Crippen molar-refractivity contribution in [3.8, 4) is 22.4 Å². The molecule has 0 unspecified atom stereocenters. The van der Waals surface area contributed by atoms with Gasteiger partial charge in [-0.25, -0.2) is 14.8 Å². The van der Waals surface area contributed by atoms with Crippen LogP contribution >= 0.6 is 0 Å². The minimum atomic E-state index is 0.589. The van der Waals surface area contributed by atoms with Crippen molar-refractivity contribution < 1.29 is 0 Å². The Bertz CT molecular complexity index is 1050. The highest BCUT2D eigenvalue weighted by molar-refractivity contribution is 5.94. The van der Waals surface area contributed by atoms with Crippen molar-refractivity contribution in [3.63, 3.8) is 0 Å². The van der Waals surface area contributed by atoms with Crippen LogP contribution in [0.25, 0.3) is 38.1 Å². The predicted molar refractivity (Wildman–Crippen MR) is 96.7 cm³/mol. The molecule has 24 heavy (non-hydrogen) atoms. The fourth-order valence-corrected chi connectivity index (χ4v) is 2.80. The first-order valence-electron chi connectivity index (χ1n) is 7.63. The van der Waals surface area contributed by atoms with Crippen LogP contribution in [-0.2, 0) is 0 Å². The molecule has 0 aliphatic rings. The Morgan fingerprint density at radius 3 is 2.17 bits per heavy atom. The van der Waals surface area contributed by atoms with E-state index in [-0.39, 0.29) is 0 Å². The van der Waals surface area contributed by atoms with Crippen LogP contribution in [0.4, 0.5) is 5.69 Å². The van der Waals surface area contributed by atoms with Crippen LogP contribution in [-0.4, -0.2) is 9.97 Å². The SMILES string of the molecule is [C-]#[N+]c1ccc2c(-c3ccc(-c4ccccc4)cc3)ncnc2c1. The van der Waals surface area contributed by atoms with Gasteiger partial charge >= 0.3 is 0 Å². The third-order valence-electron chi connectivity index (χ3n) is 4.01. The Morgan fingerprint density at radius 2 is 1.42 bits per heavy atom. The first-order chi connectivity index (χ1) is 11.8. The molecular formula is C21H13N3. The molecule has 0 aliphatic heterocycles. The van der Waals surface area contributed by atoms with E-state index in [1.807, 2.05) is 24.3 Å². The number of nitrogens with zero attached hydrogens (tertiary/aromatic N) is 3.